The SMILES string of the molecule is CC1=CC[C@]2(CC1)O[C@H]([C@@H](C)CO)CC[C@H]2C. The second-order valence-corrected chi connectivity index (χ2v) is 6.11. The Morgan fingerprint density at radius 2 is 2.29 bits per heavy atom. The summed E-state index contributed by atoms with van der Waals surface area (Å²) in [6.07, 6.45) is 8.34. The molecule has 2 nitrogen and oxygen atoms in total. The molecule has 0 saturated carbocycles. The molecule has 1 aliphatic heterocycles. The summed E-state index contributed by atoms with van der Waals surface area (Å²) in [5.74, 6) is 0.917. The summed E-state index contributed by atoms with van der Waals surface area (Å²) < 4.78 is 6.42. The maximum Gasteiger partial charge on any atom is 0.0749 e. The number of hydrogen-bond donors (Lipinski definition) is 1. The zero-order valence-corrected chi connectivity index (χ0v) is 11.4. The lowest BCUT2D eigenvalue weighted by atomic mass is 9.72. The molecule has 1 saturated heterocycles. The van der Waals surface area contributed by atoms with Gasteiger partial charge in [0.05, 0.1) is 11.7 Å². The number of aliphatic hydroxyl groups is 1. The molecule has 98 valence electrons. The Hall–Kier alpha value is -0.340. The summed E-state index contributed by atoms with van der Waals surface area (Å²) in [7, 11) is 0. The molecule has 0 unspecified atom stereocenters. The number of aliphatic hydroxyl groups excluding tert-OH is 1. The fraction of sp³-hybridized carbons (Fsp3) is 0.867. The highest BCUT2D eigenvalue weighted by atomic mass is 16.5. The van der Waals surface area contributed by atoms with E-state index in [-0.39, 0.29) is 24.2 Å². The molecule has 1 aliphatic carbocycles. The minimum atomic E-state index is 0.0614. The molecule has 4 atom stereocenters. The Morgan fingerprint density at radius 3 is 2.88 bits per heavy atom. The third-order valence-electron chi connectivity index (χ3n) is 4.83. The van der Waals surface area contributed by atoms with Crippen LogP contribution >= 0.6 is 0 Å². The highest BCUT2D eigenvalue weighted by Gasteiger charge is 2.43. The lowest BCUT2D eigenvalue weighted by Crippen LogP contribution is -2.49. The van der Waals surface area contributed by atoms with Gasteiger partial charge in [0.2, 0.25) is 0 Å². The Bertz CT molecular complexity index is 297. The monoisotopic (exact) mass is 238 g/mol. The Balaban J connectivity index is 2.09. The van der Waals surface area contributed by atoms with Crippen LogP contribution in [-0.4, -0.2) is 23.4 Å². The quantitative estimate of drug-likeness (QED) is 0.748. The average molecular weight is 238 g/mol. The lowest BCUT2D eigenvalue weighted by molar-refractivity contribution is -0.180. The third kappa shape index (κ3) is 2.58. The second kappa shape index (κ2) is 5.11. The summed E-state index contributed by atoms with van der Waals surface area (Å²) in [5.41, 5.74) is 1.56. The smallest absolute Gasteiger partial charge is 0.0749 e. The van der Waals surface area contributed by atoms with E-state index in [1.807, 2.05) is 0 Å². The first-order valence-electron chi connectivity index (χ1n) is 7.02. The minimum Gasteiger partial charge on any atom is -0.396 e. The Morgan fingerprint density at radius 1 is 1.53 bits per heavy atom. The topological polar surface area (TPSA) is 29.5 Å². The van der Waals surface area contributed by atoms with Crippen molar-refractivity contribution in [2.45, 2.75) is 64.6 Å². The number of hydrogen-bond acceptors (Lipinski definition) is 2. The summed E-state index contributed by atoms with van der Waals surface area (Å²) in [6.45, 7) is 6.88. The number of rotatable bonds is 2. The van der Waals surface area contributed by atoms with Crippen molar-refractivity contribution < 1.29 is 9.84 Å². The van der Waals surface area contributed by atoms with Crippen LogP contribution in [0.1, 0.15) is 52.9 Å². The predicted molar refractivity (Wildman–Crippen MR) is 69.9 cm³/mol. The van der Waals surface area contributed by atoms with Crippen molar-refractivity contribution in [3.05, 3.63) is 11.6 Å². The van der Waals surface area contributed by atoms with Gasteiger partial charge in [-0.3, -0.25) is 0 Å². The van der Waals surface area contributed by atoms with E-state index in [2.05, 4.69) is 26.8 Å². The first-order chi connectivity index (χ1) is 8.07. The van der Waals surface area contributed by atoms with Crippen LogP contribution in [0.15, 0.2) is 11.6 Å². The van der Waals surface area contributed by atoms with E-state index in [1.54, 1.807) is 0 Å². The van der Waals surface area contributed by atoms with Gasteiger partial charge >= 0.3 is 0 Å². The van der Waals surface area contributed by atoms with Gasteiger partial charge < -0.3 is 9.84 Å². The number of allylic oxidation sites excluding steroid dienone is 1. The van der Waals surface area contributed by atoms with Crippen molar-refractivity contribution in [2.75, 3.05) is 6.61 Å². The average Bonchev–Trinajstić information content (AvgIpc) is 2.35. The molecule has 2 rings (SSSR count). The van der Waals surface area contributed by atoms with Gasteiger partial charge in [-0.2, -0.15) is 0 Å². The van der Waals surface area contributed by atoms with E-state index in [0.717, 1.165) is 19.3 Å². The normalized spacial score (nSPS) is 40.1. The van der Waals surface area contributed by atoms with Crippen molar-refractivity contribution in [2.24, 2.45) is 11.8 Å². The van der Waals surface area contributed by atoms with Gasteiger partial charge in [0, 0.05) is 12.5 Å². The van der Waals surface area contributed by atoms with Crippen molar-refractivity contribution in [3.63, 3.8) is 0 Å². The molecule has 1 fully saturated rings. The molecule has 1 spiro atoms. The Kier molecular flexibility index (Phi) is 3.94. The van der Waals surface area contributed by atoms with Gasteiger partial charge in [0.1, 0.15) is 0 Å². The zero-order valence-electron chi connectivity index (χ0n) is 11.4. The number of ether oxygens (including phenoxy) is 1. The van der Waals surface area contributed by atoms with Gasteiger partial charge in [-0.15, -0.1) is 0 Å². The molecule has 1 heterocycles. The van der Waals surface area contributed by atoms with Crippen LogP contribution in [-0.2, 0) is 4.74 Å². The lowest BCUT2D eigenvalue weighted by Gasteiger charge is -2.48. The molecule has 0 aromatic rings. The highest BCUT2D eigenvalue weighted by molar-refractivity contribution is 5.10. The maximum absolute atomic E-state index is 9.29. The van der Waals surface area contributed by atoms with Crippen LogP contribution in [0.25, 0.3) is 0 Å². The molecule has 2 heteroatoms. The van der Waals surface area contributed by atoms with Crippen molar-refractivity contribution >= 4 is 0 Å². The Labute approximate surface area is 105 Å². The van der Waals surface area contributed by atoms with Gasteiger partial charge in [-0.1, -0.05) is 25.5 Å². The highest BCUT2D eigenvalue weighted by Crippen LogP contribution is 2.44. The summed E-state index contributed by atoms with van der Waals surface area (Å²) in [4.78, 5) is 0. The summed E-state index contributed by atoms with van der Waals surface area (Å²) in [5, 5.41) is 9.29. The van der Waals surface area contributed by atoms with Gasteiger partial charge in [-0.05, 0) is 44.9 Å². The molecule has 0 aromatic heterocycles. The van der Waals surface area contributed by atoms with Crippen molar-refractivity contribution in [3.8, 4) is 0 Å². The van der Waals surface area contributed by atoms with E-state index >= 15 is 0 Å². The zero-order chi connectivity index (χ0) is 12.5. The van der Waals surface area contributed by atoms with Crippen LogP contribution in [0, 0.1) is 11.8 Å². The van der Waals surface area contributed by atoms with Gasteiger partial charge in [0.15, 0.2) is 0 Å². The fourth-order valence-electron chi connectivity index (χ4n) is 3.19. The first-order valence-corrected chi connectivity index (χ1v) is 7.02. The minimum absolute atomic E-state index is 0.0614. The van der Waals surface area contributed by atoms with E-state index in [4.69, 9.17) is 4.74 Å². The molecular weight excluding hydrogens is 212 g/mol. The first kappa shape index (κ1) is 13.1. The van der Waals surface area contributed by atoms with Crippen LogP contribution in [0.2, 0.25) is 0 Å². The predicted octanol–water partition coefficient (Wildman–Crippen LogP) is 3.30. The van der Waals surface area contributed by atoms with Gasteiger partial charge in [-0.25, -0.2) is 0 Å². The molecule has 0 bridgehead atoms. The van der Waals surface area contributed by atoms with Crippen LogP contribution in [0.4, 0.5) is 0 Å². The van der Waals surface area contributed by atoms with E-state index in [1.165, 1.54) is 18.4 Å². The fourth-order valence-corrected chi connectivity index (χ4v) is 3.19. The van der Waals surface area contributed by atoms with E-state index < -0.39 is 0 Å². The van der Waals surface area contributed by atoms with Crippen molar-refractivity contribution in [1.29, 1.82) is 0 Å². The summed E-state index contributed by atoms with van der Waals surface area (Å²) in [6, 6.07) is 0. The molecule has 0 amide bonds. The maximum atomic E-state index is 9.29. The molecule has 0 radical (unpaired) electrons. The molecule has 17 heavy (non-hydrogen) atoms. The summed E-state index contributed by atoms with van der Waals surface area (Å²) >= 11 is 0. The largest absolute Gasteiger partial charge is 0.396 e. The van der Waals surface area contributed by atoms with Crippen LogP contribution in [0.5, 0.6) is 0 Å². The van der Waals surface area contributed by atoms with E-state index in [0.29, 0.717) is 5.92 Å². The second-order valence-electron chi connectivity index (χ2n) is 6.11. The molecule has 1 N–H and O–H groups in total. The molecule has 2 aliphatic rings. The van der Waals surface area contributed by atoms with Crippen molar-refractivity contribution in [1.82, 2.24) is 0 Å². The van der Waals surface area contributed by atoms with E-state index in [9.17, 15) is 5.11 Å². The molecule has 0 aromatic carbocycles. The standard InChI is InChI=1S/C15H26O2/c1-11-6-8-15(9-7-11)13(3)4-5-14(17-15)12(2)10-16/h6,12-14,16H,4-5,7-10H2,1-3H3/t12-,13+,14-,15+/m0/s1. The molecular formula is C15H26O2. The van der Waals surface area contributed by atoms with Gasteiger partial charge in [0.25, 0.3) is 0 Å². The third-order valence-corrected chi connectivity index (χ3v) is 4.83. The van der Waals surface area contributed by atoms with Crippen LogP contribution < -0.4 is 0 Å². The van der Waals surface area contributed by atoms with Crippen LogP contribution in [0.3, 0.4) is 0 Å².